The molecule has 0 radical (unpaired) electrons. The molecule has 1 aliphatic rings. The Balaban J connectivity index is 1.48. The Morgan fingerprint density at radius 3 is 2.92 bits per heavy atom. The Hall–Kier alpha value is -2.89. The number of rotatable bonds is 5. The molecule has 2 heterocycles. The zero-order valence-electron chi connectivity index (χ0n) is 13.1. The van der Waals surface area contributed by atoms with Crippen molar-refractivity contribution in [2.75, 3.05) is 0 Å². The molecule has 1 aromatic carbocycles. The highest BCUT2D eigenvalue weighted by Crippen LogP contribution is 2.36. The van der Waals surface area contributed by atoms with E-state index in [9.17, 15) is 4.79 Å². The van der Waals surface area contributed by atoms with Crippen LogP contribution in [0.1, 0.15) is 47.2 Å². The molecule has 0 unspecified atom stereocenters. The molecule has 2 aromatic heterocycles. The van der Waals surface area contributed by atoms with Gasteiger partial charge in [-0.2, -0.15) is 4.98 Å². The zero-order valence-corrected chi connectivity index (χ0v) is 13.1. The lowest BCUT2D eigenvalue weighted by Gasteiger charge is -2.20. The topological polar surface area (TPSA) is 81.2 Å². The van der Waals surface area contributed by atoms with Crippen molar-refractivity contribution in [3.63, 3.8) is 0 Å². The van der Waals surface area contributed by atoms with Crippen molar-refractivity contribution in [2.45, 2.75) is 31.7 Å². The normalized spacial score (nSPS) is 14.3. The quantitative estimate of drug-likeness (QED) is 0.777. The maximum Gasteiger partial charge on any atom is 0.251 e. The minimum absolute atomic E-state index is 0.170. The summed E-state index contributed by atoms with van der Waals surface area (Å²) in [6, 6.07) is 10.8. The van der Waals surface area contributed by atoms with Gasteiger partial charge in [-0.05, 0) is 37.1 Å². The molecule has 1 aliphatic carbocycles. The zero-order chi connectivity index (χ0) is 16.4. The summed E-state index contributed by atoms with van der Waals surface area (Å²) in [5.74, 6) is 2.16. The molecule has 0 bridgehead atoms. The summed E-state index contributed by atoms with van der Waals surface area (Å²) < 4.78 is 10.6. The van der Waals surface area contributed by atoms with E-state index in [0.29, 0.717) is 35.5 Å². The van der Waals surface area contributed by atoms with Crippen molar-refractivity contribution in [1.29, 1.82) is 0 Å². The SMILES string of the molecule is O=C(NCc1ccco1)c1cccc(-c2noc(C3CCC3)n2)c1. The molecule has 3 aromatic rings. The van der Waals surface area contributed by atoms with Crippen molar-refractivity contribution in [3.8, 4) is 11.4 Å². The molecule has 6 heteroatoms. The Morgan fingerprint density at radius 1 is 1.25 bits per heavy atom. The highest BCUT2D eigenvalue weighted by Gasteiger charge is 2.25. The van der Waals surface area contributed by atoms with Crippen LogP contribution in [0, 0.1) is 0 Å². The average molecular weight is 323 g/mol. The molecule has 0 saturated heterocycles. The van der Waals surface area contributed by atoms with Crippen LogP contribution in [0.2, 0.25) is 0 Å². The van der Waals surface area contributed by atoms with Crippen LogP contribution >= 0.6 is 0 Å². The second-order valence-corrected chi connectivity index (χ2v) is 5.93. The standard InChI is InChI=1S/C18H17N3O3/c22-17(19-11-15-8-3-9-23-15)14-7-2-6-13(10-14)16-20-18(24-21-16)12-4-1-5-12/h2-3,6-10,12H,1,4-5,11H2,(H,19,22). The van der Waals surface area contributed by atoms with Gasteiger partial charge >= 0.3 is 0 Å². The van der Waals surface area contributed by atoms with Gasteiger partial charge in [0.15, 0.2) is 0 Å². The van der Waals surface area contributed by atoms with Crippen LogP contribution in [-0.2, 0) is 6.54 Å². The minimum atomic E-state index is -0.170. The van der Waals surface area contributed by atoms with Gasteiger partial charge in [0.1, 0.15) is 5.76 Å². The van der Waals surface area contributed by atoms with Crippen molar-refractivity contribution >= 4 is 5.91 Å². The Labute approximate surface area is 138 Å². The van der Waals surface area contributed by atoms with Gasteiger partial charge in [0.25, 0.3) is 5.91 Å². The summed E-state index contributed by atoms with van der Waals surface area (Å²) in [5, 5.41) is 6.87. The number of hydrogen-bond acceptors (Lipinski definition) is 5. The van der Waals surface area contributed by atoms with E-state index in [4.69, 9.17) is 8.94 Å². The number of carbonyl (C=O) groups excluding carboxylic acids is 1. The number of benzene rings is 1. The molecule has 4 rings (SSSR count). The fourth-order valence-corrected chi connectivity index (χ4v) is 2.66. The van der Waals surface area contributed by atoms with E-state index in [1.54, 1.807) is 24.5 Å². The molecule has 1 saturated carbocycles. The van der Waals surface area contributed by atoms with Gasteiger partial charge in [0, 0.05) is 17.0 Å². The summed E-state index contributed by atoms with van der Waals surface area (Å²) >= 11 is 0. The predicted molar refractivity (Wildman–Crippen MR) is 86.2 cm³/mol. The van der Waals surface area contributed by atoms with Gasteiger partial charge in [-0.25, -0.2) is 0 Å². The number of hydrogen-bond donors (Lipinski definition) is 1. The van der Waals surface area contributed by atoms with Gasteiger partial charge < -0.3 is 14.3 Å². The first-order valence-electron chi connectivity index (χ1n) is 8.04. The van der Waals surface area contributed by atoms with E-state index < -0.39 is 0 Å². The molecule has 0 atom stereocenters. The van der Waals surface area contributed by atoms with Crippen molar-refractivity contribution in [2.24, 2.45) is 0 Å². The molecule has 0 spiro atoms. The first-order chi connectivity index (χ1) is 11.8. The van der Waals surface area contributed by atoms with Crippen LogP contribution in [-0.4, -0.2) is 16.0 Å². The minimum Gasteiger partial charge on any atom is -0.467 e. The summed E-state index contributed by atoms with van der Waals surface area (Å²) in [6.45, 7) is 0.351. The number of nitrogens with one attached hydrogen (secondary N) is 1. The maximum atomic E-state index is 12.3. The molecule has 24 heavy (non-hydrogen) atoms. The number of aromatic nitrogens is 2. The fraction of sp³-hybridized carbons (Fsp3) is 0.278. The smallest absolute Gasteiger partial charge is 0.251 e. The highest BCUT2D eigenvalue weighted by atomic mass is 16.5. The summed E-state index contributed by atoms with van der Waals surface area (Å²) in [5.41, 5.74) is 1.32. The summed E-state index contributed by atoms with van der Waals surface area (Å²) in [6.07, 6.45) is 5.01. The monoisotopic (exact) mass is 323 g/mol. The first-order valence-corrected chi connectivity index (χ1v) is 8.04. The molecule has 1 N–H and O–H groups in total. The third kappa shape index (κ3) is 2.95. The predicted octanol–water partition coefficient (Wildman–Crippen LogP) is 3.53. The molecule has 122 valence electrons. The number of furan rings is 1. The van der Waals surface area contributed by atoms with Crippen molar-refractivity contribution in [3.05, 3.63) is 59.9 Å². The molecule has 1 fully saturated rings. The number of nitrogens with zero attached hydrogens (tertiary/aromatic N) is 2. The highest BCUT2D eigenvalue weighted by molar-refractivity contribution is 5.95. The van der Waals surface area contributed by atoms with E-state index >= 15 is 0 Å². The van der Waals surface area contributed by atoms with Crippen LogP contribution in [0.4, 0.5) is 0 Å². The van der Waals surface area contributed by atoms with Gasteiger partial charge in [-0.15, -0.1) is 0 Å². The molecule has 0 aliphatic heterocycles. The number of carbonyl (C=O) groups is 1. The Bertz CT molecular complexity index is 835. The van der Waals surface area contributed by atoms with Crippen LogP contribution < -0.4 is 5.32 Å². The Kier molecular flexibility index (Phi) is 3.86. The second-order valence-electron chi connectivity index (χ2n) is 5.93. The third-order valence-electron chi connectivity index (χ3n) is 4.28. The van der Waals surface area contributed by atoms with E-state index in [0.717, 1.165) is 18.4 Å². The molecular weight excluding hydrogens is 306 g/mol. The molecular formula is C18H17N3O3. The van der Waals surface area contributed by atoms with Crippen molar-refractivity contribution < 1.29 is 13.7 Å². The first kappa shape index (κ1) is 14.7. The van der Waals surface area contributed by atoms with Gasteiger partial charge in [-0.1, -0.05) is 23.7 Å². The third-order valence-corrected chi connectivity index (χ3v) is 4.28. The lowest BCUT2D eigenvalue weighted by molar-refractivity contribution is 0.0948. The fourth-order valence-electron chi connectivity index (χ4n) is 2.66. The van der Waals surface area contributed by atoms with E-state index in [1.807, 2.05) is 18.2 Å². The van der Waals surface area contributed by atoms with E-state index in [2.05, 4.69) is 15.5 Å². The van der Waals surface area contributed by atoms with Crippen LogP contribution in [0.3, 0.4) is 0 Å². The van der Waals surface area contributed by atoms with Gasteiger partial charge in [-0.3, -0.25) is 4.79 Å². The summed E-state index contributed by atoms with van der Waals surface area (Å²) in [7, 11) is 0. The lowest BCUT2D eigenvalue weighted by Crippen LogP contribution is -2.22. The largest absolute Gasteiger partial charge is 0.467 e. The van der Waals surface area contributed by atoms with Crippen molar-refractivity contribution in [1.82, 2.24) is 15.5 Å². The summed E-state index contributed by atoms with van der Waals surface area (Å²) in [4.78, 5) is 16.7. The van der Waals surface area contributed by atoms with E-state index in [-0.39, 0.29) is 5.91 Å². The lowest BCUT2D eigenvalue weighted by atomic mass is 9.85. The molecule has 1 amide bonds. The van der Waals surface area contributed by atoms with Crippen LogP contribution in [0.15, 0.2) is 51.6 Å². The van der Waals surface area contributed by atoms with Crippen LogP contribution in [0.5, 0.6) is 0 Å². The van der Waals surface area contributed by atoms with Gasteiger partial charge in [0.2, 0.25) is 11.7 Å². The van der Waals surface area contributed by atoms with Gasteiger partial charge in [0.05, 0.1) is 12.8 Å². The maximum absolute atomic E-state index is 12.3. The second kappa shape index (κ2) is 6.31. The van der Waals surface area contributed by atoms with Crippen LogP contribution in [0.25, 0.3) is 11.4 Å². The molecule has 6 nitrogen and oxygen atoms in total. The Morgan fingerprint density at radius 2 is 2.17 bits per heavy atom. The average Bonchev–Trinajstić information content (AvgIpc) is 3.23. The number of amides is 1. The van der Waals surface area contributed by atoms with E-state index in [1.165, 1.54) is 6.42 Å².